The summed E-state index contributed by atoms with van der Waals surface area (Å²) in [7, 11) is 1.65. The maximum atomic E-state index is 12.8. The largest absolute Gasteiger partial charge is 0.416 e. The van der Waals surface area contributed by atoms with Gasteiger partial charge in [0.1, 0.15) is 0 Å². The highest BCUT2D eigenvalue weighted by atomic mass is 127. The zero-order chi connectivity index (χ0) is 17.9. The third-order valence-corrected chi connectivity index (χ3v) is 4.42. The van der Waals surface area contributed by atoms with E-state index in [1.807, 2.05) is 12.1 Å². The fraction of sp³-hybridized carbons (Fsp3) is 0.316. The first-order valence-electron chi connectivity index (χ1n) is 8.16. The molecule has 0 aromatic heterocycles. The van der Waals surface area contributed by atoms with Gasteiger partial charge in [0.25, 0.3) is 0 Å². The van der Waals surface area contributed by atoms with E-state index in [0.29, 0.717) is 17.4 Å². The van der Waals surface area contributed by atoms with Crippen LogP contribution in [0.4, 0.5) is 13.2 Å². The summed E-state index contributed by atoms with van der Waals surface area (Å²) in [5.74, 6) is 1.03. The molecule has 0 fully saturated rings. The monoisotopic (exact) mass is 475 g/mol. The first kappa shape index (κ1) is 20.5. The van der Waals surface area contributed by atoms with Crippen molar-refractivity contribution in [3.63, 3.8) is 0 Å². The minimum absolute atomic E-state index is 0. The van der Waals surface area contributed by atoms with E-state index in [-0.39, 0.29) is 30.5 Å². The number of alkyl halides is 3. The van der Waals surface area contributed by atoms with Crippen LogP contribution in [0.2, 0.25) is 0 Å². The number of benzene rings is 2. The Hall–Kier alpha value is -1.77. The highest BCUT2D eigenvalue weighted by Crippen LogP contribution is 2.34. The lowest BCUT2D eigenvalue weighted by Crippen LogP contribution is -2.40. The summed E-state index contributed by atoms with van der Waals surface area (Å²) in [6, 6.07) is 13.6. The van der Waals surface area contributed by atoms with Gasteiger partial charge in [-0.05, 0) is 35.2 Å². The Kier molecular flexibility index (Phi) is 6.91. The Bertz CT molecular complexity index is 775. The van der Waals surface area contributed by atoms with Gasteiger partial charge >= 0.3 is 6.18 Å². The highest BCUT2D eigenvalue weighted by molar-refractivity contribution is 14.0. The van der Waals surface area contributed by atoms with Gasteiger partial charge in [-0.1, -0.05) is 36.4 Å². The number of fused-ring (bicyclic) bond motifs is 1. The van der Waals surface area contributed by atoms with Gasteiger partial charge in [0.2, 0.25) is 0 Å². The zero-order valence-corrected chi connectivity index (χ0v) is 16.6. The van der Waals surface area contributed by atoms with Crippen LogP contribution in [-0.2, 0) is 19.1 Å². The predicted molar refractivity (Wildman–Crippen MR) is 108 cm³/mol. The Morgan fingerprint density at radius 1 is 1.12 bits per heavy atom. The second-order valence-corrected chi connectivity index (χ2v) is 6.10. The molecule has 1 aliphatic carbocycles. The molecule has 26 heavy (non-hydrogen) atoms. The normalized spacial score (nSPS) is 16.2. The molecular formula is C19H21F3IN3. The highest BCUT2D eigenvalue weighted by Gasteiger charge is 2.30. The third kappa shape index (κ3) is 4.90. The van der Waals surface area contributed by atoms with Crippen molar-refractivity contribution in [2.45, 2.75) is 25.1 Å². The Morgan fingerprint density at radius 2 is 1.88 bits per heavy atom. The molecule has 0 bridgehead atoms. The molecule has 7 heteroatoms. The molecule has 2 aromatic carbocycles. The van der Waals surface area contributed by atoms with Crippen LogP contribution in [0.3, 0.4) is 0 Å². The van der Waals surface area contributed by atoms with Crippen molar-refractivity contribution < 1.29 is 13.2 Å². The fourth-order valence-corrected chi connectivity index (χ4v) is 3.03. The van der Waals surface area contributed by atoms with Crippen molar-refractivity contribution in [3.8, 4) is 0 Å². The van der Waals surface area contributed by atoms with Gasteiger partial charge in [-0.3, -0.25) is 4.99 Å². The summed E-state index contributed by atoms with van der Waals surface area (Å²) in [6.07, 6.45) is -3.29. The van der Waals surface area contributed by atoms with E-state index in [9.17, 15) is 13.2 Å². The minimum Gasteiger partial charge on any atom is -0.356 e. The molecule has 3 nitrogen and oxygen atoms in total. The van der Waals surface area contributed by atoms with Gasteiger partial charge in [-0.2, -0.15) is 13.2 Å². The Morgan fingerprint density at radius 3 is 2.58 bits per heavy atom. The summed E-state index contributed by atoms with van der Waals surface area (Å²) in [4.78, 5) is 4.13. The number of guanidine groups is 1. The van der Waals surface area contributed by atoms with Crippen LogP contribution in [0.25, 0.3) is 0 Å². The van der Waals surface area contributed by atoms with Crippen molar-refractivity contribution >= 4 is 29.9 Å². The second kappa shape index (κ2) is 8.75. The molecule has 0 radical (unpaired) electrons. The number of hydrogen-bond donors (Lipinski definition) is 2. The maximum Gasteiger partial charge on any atom is 0.416 e. The second-order valence-electron chi connectivity index (χ2n) is 6.10. The molecule has 140 valence electrons. The topological polar surface area (TPSA) is 36.4 Å². The Labute approximate surface area is 168 Å². The summed E-state index contributed by atoms with van der Waals surface area (Å²) < 4.78 is 38.3. The van der Waals surface area contributed by atoms with Crippen molar-refractivity contribution in [1.82, 2.24) is 10.6 Å². The summed E-state index contributed by atoms with van der Waals surface area (Å²) in [5, 5.41) is 6.31. The van der Waals surface area contributed by atoms with Gasteiger partial charge in [-0.15, -0.1) is 24.0 Å². The lowest BCUT2D eigenvalue weighted by Gasteiger charge is -2.30. The number of aliphatic imine (C=N–C) groups is 1. The number of nitrogens with zero attached hydrogens (tertiary/aromatic N) is 1. The third-order valence-electron chi connectivity index (χ3n) is 4.42. The minimum atomic E-state index is -4.33. The quantitative estimate of drug-likeness (QED) is 0.393. The van der Waals surface area contributed by atoms with E-state index in [4.69, 9.17) is 0 Å². The van der Waals surface area contributed by atoms with Gasteiger partial charge in [0.05, 0.1) is 5.56 Å². The van der Waals surface area contributed by atoms with E-state index < -0.39 is 11.7 Å². The summed E-state index contributed by atoms with van der Waals surface area (Å²) in [5.41, 5.74) is 2.65. The van der Waals surface area contributed by atoms with Gasteiger partial charge < -0.3 is 10.6 Å². The van der Waals surface area contributed by atoms with Crippen LogP contribution >= 0.6 is 24.0 Å². The maximum absolute atomic E-state index is 12.8. The van der Waals surface area contributed by atoms with Crippen LogP contribution in [-0.4, -0.2) is 19.6 Å². The summed E-state index contributed by atoms with van der Waals surface area (Å²) >= 11 is 0. The van der Waals surface area contributed by atoms with Crippen LogP contribution in [0.5, 0.6) is 0 Å². The SMILES string of the molecule is CN=C(NCc1cccc(C(F)(F)F)c1)NCC1Cc2ccccc21.I. The first-order valence-corrected chi connectivity index (χ1v) is 8.16. The molecule has 0 saturated carbocycles. The van der Waals surface area contributed by atoms with Crippen LogP contribution in [0.1, 0.15) is 28.2 Å². The fourth-order valence-electron chi connectivity index (χ4n) is 3.03. The Balaban J connectivity index is 0.00000243. The lowest BCUT2D eigenvalue weighted by molar-refractivity contribution is -0.137. The van der Waals surface area contributed by atoms with E-state index >= 15 is 0 Å². The molecule has 0 aliphatic heterocycles. The molecule has 1 atom stereocenters. The van der Waals surface area contributed by atoms with Crippen molar-refractivity contribution in [2.75, 3.05) is 13.6 Å². The number of hydrogen-bond acceptors (Lipinski definition) is 1. The zero-order valence-electron chi connectivity index (χ0n) is 14.3. The average molecular weight is 475 g/mol. The van der Waals surface area contributed by atoms with Crippen LogP contribution < -0.4 is 10.6 Å². The first-order chi connectivity index (χ1) is 12.0. The smallest absolute Gasteiger partial charge is 0.356 e. The van der Waals surface area contributed by atoms with E-state index in [2.05, 4.69) is 27.8 Å². The van der Waals surface area contributed by atoms with Crippen molar-refractivity contribution in [1.29, 1.82) is 0 Å². The molecular weight excluding hydrogens is 454 g/mol. The molecule has 2 N–H and O–H groups in total. The molecule has 3 rings (SSSR count). The van der Waals surface area contributed by atoms with E-state index in [1.54, 1.807) is 13.1 Å². The van der Waals surface area contributed by atoms with Gasteiger partial charge in [-0.25, -0.2) is 0 Å². The molecule has 0 heterocycles. The number of nitrogens with one attached hydrogen (secondary N) is 2. The molecule has 2 aromatic rings. The van der Waals surface area contributed by atoms with Crippen molar-refractivity contribution in [2.24, 2.45) is 4.99 Å². The van der Waals surface area contributed by atoms with Gasteiger partial charge in [0.15, 0.2) is 5.96 Å². The molecule has 0 saturated heterocycles. The molecule has 0 amide bonds. The van der Waals surface area contributed by atoms with Gasteiger partial charge in [0, 0.05) is 26.1 Å². The molecule has 0 spiro atoms. The van der Waals surface area contributed by atoms with Crippen LogP contribution in [0, 0.1) is 0 Å². The number of rotatable bonds is 4. The van der Waals surface area contributed by atoms with E-state index in [1.165, 1.54) is 17.2 Å². The molecule has 1 unspecified atom stereocenters. The summed E-state index contributed by atoms with van der Waals surface area (Å²) in [6.45, 7) is 1.03. The standard InChI is InChI=1S/C19H20F3N3.HI/c1-23-18(25-12-15-10-14-6-2-3-8-17(14)15)24-11-13-5-4-7-16(9-13)19(20,21)22;/h2-9,15H,10-12H2,1H3,(H2,23,24,25);1H. The average Bonchev–Trinajstić information content (AvgIpc) is 2.58. The van der Waals surface area contributed by atoms with Crippen LogP contribution in [0.15, 0.2) is 53.5 Å². The van der Waals surface area contributed by atoms with Crippen molar-refractivity contribution in [3.05, 3.63) is 70.8 Å². The predicted octanol–water partition coefficient (Wildman–Crippen LogP) is 4.33. The van der Waals surface area contributed by atoms with E-state index in [0.717, 1.165) is 25.1 Å². The molecule has 1 aliphatic rings. The lowest BCUT2D eigenvalue weighted by atomic mass is 9.78. The number of halogens is 4.